The smallest absolute Gasteiger partial charge is 0.323 e. The minimum Gasteiger partial charge on any atom is -0.480 e. The normalized spacial score (nSPS) is 18.7. The quantitative estimate of drug-likeness (QED) is 0.800. The van der Waals surface area contributed by atoms with Crippen LogP contribution >= 0.6 is 0 Å². The van der Waals surface area contributed by atoms with Gasteiger partial charge in [0.15, 0.2) is 0 Å². The van der Waals surface area contributed by atoms with Crippen molar-refractivity contribution in [1.82, 2.24) is 15.3 Å². The fourth-order valence-electron chi connectivity index (χ4n) is 1.84. The average Bonchev–Trinajstić information content (AvgIpc) is 3.11. The van der Waals surface area contributed by atoms with Gasteiger partial charge in [-0.2, -0.15) is 0 Å². The molecule has 1 unspecified atom stereocenters. The number of carboxylic acid groups (broad SMARTS) is 1. The minimum absolute atomic E-state index is 0.235. The van der Waals surface area contributed by atoms with E-state index >= 15 is 0 Å². The Bertz CT molecular complexity index is 414. The van der Waals surface area contributed by atoms with E-state index in [-0.39, 0.29) is 5.92 Å². The van der Waals surface area contributed by atoms with E-state index in [0.717, 1.165) is 24.2 Å². The lowest BCUT2D eigenvalue weighted by atomic mass is 9.96. The lowest BCUT2D eigenvalue weighted by Crippen LogP contribution is -2.51. The molecule has 2 rings (SSSR count). The zero-order valence-electron chi connectivity index (χ0n) is 10.1. The Morgan fingerprint density at radius 2 is 2.24 bits per heavy atom. The first-order valence-electron chi connectivity index (χ1n) is 5.78. The molecule has 1 saturated carbocycles. The highest BCUT2D eigenvalue weighted by Crippen LogP contribution is 2.39. The van der Waals surface area contributed by atoms with Crippen LogP contribution in [-0.4, -0.2) is 26.6 Å². The molecule has 0 saturated heterocycles. The van der Waals surface area contributed by atoms with E-state index in [0.29, 0.717) is 6.54 Å². The Labute approximate surface area is 100 Å². The number of rotatable bonds is 5. The number of aromatic nitrogens is 2. The van der Waals surface area contributed by atoms with Gasteiger partial charge in [0.25, 0.3) is 0 Å². The molecular formula is C12H17N3O2. The highest BCUT2D eigenvalue weighted by Gasteiger charge is 2.47. The molecule has 2 N–H and O–H groups in total. The van der Waals surface area contributed by atoms with E-state index in [4.69, 9.17) is 0 Å². The predicted octanol–water partition coefficient (Wildman–Crippen LogP) is 1.13. The molecule has 0 amide bonds. The maximum Gasteiger partial charge on any atom is 0.323 e. The molecule has 0 spiro atoms. The summed E-state index contributed by atoms with van der Waals surface area (Å²) in [6.45, 7) is 4.05. The average molecular weight is 235 g/mol. The minimum atomic E-state index is -0.841. The number of hydrogen-bond donors (Lipinski definition) is 2. The lowest BCUT2D eigenvalue weighted by Gasteiger charge is -2.25. The second-order valence-electron chi connectivity index (χ2n) is 4.78. The fraction of sp³-hybridized carbons (Fsp3) is 0.583. The molecule has 1 heterocycles. The lowest BCUT2D eigenvalue weighted by molar-refractivity contribution is -0.145. The largest absolute Gasteiger partial charge is 0.480 e. The second-order valence-corrected chi connectivity index (χ2v) is 4.78. The number of aryl methyl sites for hydroxylation is 1. The topological polar surface area (TPSA) is 75.1 Å². The van der Waals surface area contributed by atoms with Gasteiger partial charge in [0, 0.05) is 18.9 Å². The molecule has 1 aliphatic carbocycles. The fourth-order valence-corrected chi connectivity index (χ4v) is 1.84. The Morgan fingerprint density at radius 1 is 1.53 bits per heavy atom. The standard InChI is InChI=1S/C12H17N3O2/c1-8-5-14-10(6-13-8)7-15-12(2,11(16)17)9-3-4-9/h5-6,9,15H,3-4,7H2,1-2H3,(H,16,17). The summed E-state index contributed by atoms with van der Waals surface area (Å²) in [6.07, 6.45) is 5.33. The van der Waals surface area contributed by atoms with E-state index < -0.39 is 11.5 Å². The van der Waals surface area contributed by atoms with Gasteiger partial charge in [0.05, 0.1) is 11.4 Å². The van der Waals surface area contributed by atoms with E-state index in [1.807, 2.05) is 6.92 Å². The number of carbonyl (C=O) groups is 1. The Morgan fingerprint density at radius 3 is 2.71 bits per heavy atom. The first-order valence-corrected chi connectivity index (χ1v) is 5.78. The molecule has 1 aromatic rings. The van der Waals surface area contributed by atoms with Crippen molar-refractivity contribution in [2.75, 3.05) is 0 Å². The maximum atomic E-state index is 11.3. The van der Waals surface area contributed by atoms with Crippen molar-refractivity contribution in [2.45, 2.75) is 38.8 Å². The Balaban J connectivity index is 2.00. The number of nitrogens with zero attached hydrogens (tertiary/aromatic N) is 2. The van der Waals surface area contributed by atoms with Gasteiger partial charge in [-0.3, -0.25) is 20.1 Å². The zero-order valence-corrected chi connectivity index (χ0v) is 10.1. The molecule has 0 aliphatic heterocycles. The van der Waals surface area contributed by atoms with E-state index in [2.05, 4.69) is 15.3 Å². The third kappa shape index (κ3) is 2.61. The van der Waals surface area contributed by atoms with Crippen LogP contribution in [0.2, 0.25) is 0 Å². The summed E-state index contributed by atoms with van der Waals surface area (Å²) in [6, 6.07) is 0. The molecule has 1 atom stereocenters. The molecule has 1 fully saturated rings. The summed E-state index contributed by atoms with van der Waals surface area (Å²) in [5.41, 5.74) is 0.785. The third-order valence-corrected chi connectivity index (χ3v) is 3.31. The molecule has 17 heavy (non-hydrogen) atoms. The molecule has 0 aromatic carbocycles. The van der Waals surface area contributed by atoms with Gasteiger partial charge in [-0.25, -0.2) is 0 Å². The van der Waals surface area contributed by atoms with Crippen LogP contribution in [0.5, 0.6) is 0 Å². The molecule has 1 aliphatic rings. The molecule has 1 aromatic heterocycles. The summed E-state index contributed by atoms with van der Waals surface area (Å²) in [5, 5.41) is 12.4. The summed E-state index contributed by atoms with van der Waals surface area (Å²) < 4.78 is 0. The molecule has 5 nitrogen and oxygen atoms in total. The summed E-state index contributed by atoms with van der Waals surface area (Å²) in [4.78, 5) is 19.6. The van der Waals surface area contributed by atoms with Crippen molar-refractivity contribution in [2.24, 2.45) is 5.92 Å². The van der Waals surface area contributed by atoms with Crippen LogP contribution in [0.25, 0.3) is 0 Å². The van der Waals surface area contributed by atoms with Crippen molar-refractivity contribution in [3.8, 4) is 0 Å². The van der Waals surface area contributed by atoms with Gasteiger partial charge in [0.2, 0.25) is 0 Å². The Hall–Kier alpha value is -1.49. The van der Waals surface area contributed by atoms with Crippen LogP contribution < -0.4 is 5.32 Å². The van der Waals surface area contributed by atoms with E-state index in [9.17, 15) is 9.90 Å². The van der Waals surface area contributed by atoms with Crippen LogP contribution in [0.15, 0.2) is 12.4 Å². The summed E-state index contributed by atoms with van der Waals surface area (Å²) in [5.74, 6) is -0.557. The van der Waals surface area contributed by atoms with Crippen LogP contribution in [0.1, 0.15) is 31.2 Å². The van der Waals surface area contributed by atoms with Gasteiger partial charge in [-0.15, -0.1) is 0 Å². The summed E-state index contributed by atoms with van der Waals surface area (Å²) in [7, 11) is 0. The van der Waals surface area contributed by atoms with Gasteiger partial charge in [0.1, 0.15) is 5.54 Å². The highest BCUT2D eigenvalue weighted by atomic mass is 16.4. The number of carboxylic acids is 1. The molecule has 0 radical (unpaired) electrons. The highest BCUT2D eigenvalue weighted by molar-refractivity contribution is 5.79. The van der Waals surface area contributed by atoms with Crippen LogP contribution in [0, 0.1) is 12.8 Å². The molecule has 92 valence electrons. The van der Waals surface area contributed by atoms with Crippen LogP contribution in [-0.2, 0) is 11.3 Å². The molecule has 0 bridgehead atoms. The van der Waals surface area contributed by atoms with Crippen LogP contribution in [0.4, 0.5) is 0 Å². The van der Waals surface area contributed by atoms with E-state index in [1.165, 1.54) is 0 Å². The van der Waals surface area contributed by atoms with Crippen LogP contribution in [0.3, 0.4) is 0 Å². The maximum absolute atomic E-state index is 11.3. The molecular weight excluding hydrogens is 218 g/mol. The third-order valence-electron chi connectivity index (χ3n) is 3.31. The van der Waals surface area contributed by atoms with Gasteiger partial charge in [-0.1, -0.05) is 0 Å². The first kappa shape index (κ1) is 12.0. The Kier molecular flexibility index (Phi) is 3.11. The van der Waals surface area contributed by atoms with Crippen molar-refractivity contribution in [3.63, 3.8) is 0 Å². The van der Waals surface area contributed by atoms with Gasteiger partial charge < -0.3 is 5.11 Å². The number of nitrogens with one attached hydrogen (secondary N) is 1. The monoisotopic (exact) mass is 235 g/mol. The molecule has 5 heteroatoms. The van der Waals surface area contributed by atoms with Crippen molar-refractivity contribution < 1.29 is 9.90 Å². The number of hydrogen-bond acceptors (Lipinski definition) is 4. The predicted molar refractivity (Wildman–Crippen MR) is 62.4 cm³/mol. The SMILES string of the molecule is Cc1cnc(CNC(C)(C(=O)O)C2CC2)cn1. The van der Waals surface area contributed by atoms with Gasteiger partial charge in [-0.05, 0) is 32.6 Å². The first-order chi connectivity index (χ1) is 8.02. The second kappa shape index (κ2) is 4.41. The van der Waals surface area contributed by atoms with Gasteiger partial charge >= 0.3 is 5.97 Å². The van der Waals surface area contributed by atoms with E-state index in [1.54, 1.807) is 19.3 Å². The zero-order chi connectivity index (χ0) is 12.5. The number of aliphatic carboxylic acids is 1. The van der Waals surface area contributed by atoms with Crippen molar-refractivity contribution >= 4 is 5.97 Å². The van der Waals surface area contributed by atoms with Crippen molar-refractivity contribution in [3.05, 3.63) is 23.8 Å². The summed E-state index contributed by atoms with van der Waals surface area (Å²) >= 11 is 0. The van der Waals surface area contributed by atoms with Crippen molar-refractivity contribution in [1.29, 1.82) is 0 Å².